The Balaban J connectivity index is 2.37. The van der Waals surface area contributed by atoms with Crippen molar-refractivity contribution >= 4 is 40.6 Å². The van der Waals surface area contributed by atoms with Gasteiger partial charge in [-0.25, -0.2) is 14.2 Å². The number of carbonyl (C=O) groups is 5. The molecule has 2 bridgehead atoms. The Labute approximate surface area is 218 Å². The van der Waals surface area contributed by atoms with Gasteiger partial charge in [0.1, 0.15) is 17.8 Å². The maximum Gasteiger partial charge on any atom is 0.329 e. The van der Waals surface area contributed by atoms with Crippen LogP contribution in [0.3, 0.4) is 0 Å². The molecule has 0 fully saturated rings. The van der Waals surface area contributed by atoms with E-state index in [9.17, 15) is 28.4 Å². The predicted molar refractivity (Wildman–Crippen MR) is 135 cm³/mol. The molecule has 0 radical (unpaired) electrons. The van der Waals surface area contributed by atoms with Crippen molar-refractivity contribution in [3.63, 3.8) is 0 Å². The zero-order chi connectivity index (χ0) is 27.5. The predicted octanol–water partition coefficient (Wildman–Crippen LogP) is 2.15. The number of esters is 1. The first-order valence-electron chi connectivity index (χ1n) is 11.7. The van der Waals surface area contributed by atoms with Crippen LogP contribution in [0.1, 0.15) is 56.7 Å². The molecule has 3 amide bonds. The van der Waals surface area contributed by atoms with E-state index < -0.39 is 53.3 Å². The Kier molecular flexibility index (Phi) is 11.4. The fourth-order valence-electron chi connectivity index (χ4n) is 3.23. The van der Waals surface area contributed by atoms with Gasteiger partial charge < -0.3 is 20.7 Å². The first-order chi connectivity index (χ1) is 17.5. The number of aromatic nitrogens is 1. The van der Waals surface area contributed by atoms with Gasteiger partial charge in [0, 0.05) is 12.7 Å². The minimum absolute atomic E-state index is 0.0197. The summed E-state index contributed by atoms with van der Waals surface area (Å²) in [6.07, 6.45) is 3.92. The zero-order valence-corrected chi connectivity index (χ0v) is 21.9. The Morgan fingerprint density at radius 3 is 2.62 bits per heavy atom. The Morgan fingerprint density at radius 2 is 1.97 bits per heavy atom. The molecule has 2 atom stereocenters. The number of ether oxygens (including phenoxy) is 1. The summed E-state index contributed by atoms with van der Waals surface area (Å²) in [6, 6.07) is 1.26. The topological polar surface area (TPSA) is 144 Å². The number of carbonyl (C=O) groups excluding carboxylic acids is 5. The number of rotatable bonds is 5. The van der Waals surface area contributed by atoms with Crippen molar-refractivity contribution in [2.45, 2.75) is 59.2 Å². The van der Waals surface area contributed by atoms with Crippen LogP contribution in [-0.2, 0) is 30.5 Å². The molecule has 10 nitrogen and oxygen atoms in total. The molecule has 37 heavy (non-hydrogen) atoms. The first kappa shape index (κ1) is 29.7. The highest BCUT2D eigenvalue weighted by Crippen LogP contribution is 2.13. The van der Waals surface area contributed by atoms with Crippen LogP contribution < -0.4 is 16.0 Å². The maximum absolute atomic E-state index is 14.3. The third-order valence-corrected chi connectivity index (χ3v) is 6.02. The molecule has 0 aromatic carbocycles. The number of thioether (sulfide) groups is 1. The number of amides is 3. The lowest BCUT2D eigenvalue weighted by molar-refractivity contribution is -0.153. The Hall–Kier alpha value is -3.54. The minimum atomic E-state index is -1.10. The van der Waals surface area contributed by atoms with Gasteiger partial charge in [0.25, 0.3) is 11.8 Å². The fourth-order valence-corrected chi connectivity index (χ4v) is 3.77. The van der Waals surface area contributed by atoms with E-state index in [-0.39, 0.29) is 29.5 Å². The van der Waals surface area contributed by atoms with Gasteiger partial charge in [-0.2, -0.15) is 0 Å². The van der Waals surface area contributed by atoms with Gasteiger partial charge in [-0.15, -0.1) is 0 Å². The fraction of sp³-hybridized carbons (Fsp3) is 0.440. The van der Waals surface area contributed by atoms with Crippen LogP contribution in [0.25, 0.3) is 0 Å². The summed E-state index contributed by atoms with van der Waals surface area (Å²) >= 11 is 1.15. The van der Waals surface area contributed by atoms with Gasteiger partial charge in [0.2, 0.25) is 5.91 Å². The molecule has 1 aromatic rings. The van der Waals surface area contributed by atoms with E-state index in [1.165, 1.54) is 26.0 Å². The molecule has 0 saturated carbocycles. The van der Waals surface area contributed by atoms with Crippen molar-refractivity contribution in [3.8, 4) is 0 Å². The molecule has 200 valence electrons. The molecular formula is C25H31FN4O6S. The van der Waals surface area contributed by atoms with E-state index >= 15 is 0 Å². The van der Waals surface area contributed by atoms with Crippen LogP contribution in [0.15, 0.2) is 36.1 Å². The average molecular weight is 535 g/mol. The summed E-state index contributed by atoms with van der Waals surface area (Å²) in [5, 5.41) is 7.45. The lowest BCUT2D eigenvalue weighted by Crippen LogP contribution is -2.48. The number of fused-ring (bicyclic) bond motifs is 2. The molecule has 1 aromatic heterocycles. The number of nitrogens with zero attached hydrogens (tertiary/aromatic N) is 1. The third kappa shape index (κ3) is 9.45. The lowest BCUT2D eigenvalue weighted by Gasteiger charge is -2.24. The van der Waals surface area contributed by atoms with Crippen LogP contribution >= 0.6 is 11.8 Å². The van der Waals surface area contributed by atoms with E-state index in [0.29, 0.717) is 12.2 Å². The summed E-state index contributed by atoms with van der Waals surface area (Å²) in [4.78, 5) is 66.2. The highest BCUT2D eigenvalue weighted by Gasteiger charge is 2.30. The van der Waals surface area contributed by atoms with Crippen molar-refractivity contribution in [2.24, 2.45) is 5.92 Å². The Morgan fingerprint density at radius 1 is 1.24 bits per heavy atom. The van der Waals surface area contributed by atoms with Crippen molar-refractivity contribution < 1.29 is 33.1 Å². The summed E-state index contributed by atoms with van der Waals surface area (Å²) in [5.74, 6) is -3.76. The number of hydrogen-bond donors (Lipinski definition) is 3. The molecule has 1 unspecified atom stereocenters. The van der Waals surface area contributed by atoms with Crippen molar-refractivity contribution in [2.75, 3.05) is 5.75 Å². The van der Waals surface area contributed by atoms with E-state index in [1.807, 2.05) is 0 Å². The van der Waals surface area contributed by atoms with Crippen LogP contribution in [0, 0.1) is 11.7 Å². The summed E-state index contributed by atoms with van der Waals surface area (Å²) in [7, 11) is 0. The summed E-state index contributed by atoms with van der Waals surface area (Å²) in [6.45, 7) is 6.24. The van der Waals surface area contributed by atoms with Crippen LogP contribution in [0.2, 0.25) is 0 Å². The van der Waals surface area contributed by atoms with Crippen molar-refractivity contribution in [3.05, 3.63) is 53.3 Å². The van der Waals surface area contributed by atoms with Crippen LogP contribution in [0.4, 0.5) is 4.39 Å². The molecule has 1 aliphatic rings. The molecular weight excluding hydrogens is 503 g/mol. The summed E-state index contributed by atoms with van der Waals surface area (Å²) < 4.78 is 19.9. The molecule has 1 aliphatic heterocycles. The SMILES string of the molecule is C/C=C1\NC(=O)c2nc(ccc2F)CNC(=O)C[C@@H](/C=C/CCSC(C)=O)OC(=O)C(C(C)C)NC1=O. The largest absolute Gasteiger partial charge is 0.456 e. The van der Waals surface area contributed by atoms with Crippen LogP contribution in [-0.4, -0.2) is 51.7 Å². The molecule has 0 spiro atoms. The number of hydrogen-bond acceptors (Lipinski definition) is 8. The second kappa shape index (κ2) is 14.3. The molecule has 2 heterocycles. The highest BCUT2D eigenvalue weighted by molar-refractivity contribution is 8.13. The number of pyridine rings is 1. The molecule has 12 heteroatoms. The highest BCUT2D eigenvalue weighted by atomic mass is 32.2. The molecule has 2 rings (SSSR count). The lowest BCUT2D eigenvalue weighted by atomic mass is 10.0. The van der Waals surface area contributed by atoms with Gasteiger partial charge in [-0.3, -0.25) is 19.2 Å². The minimum Gasteiger partial charge on any atom is -0.456 e. The number of halogens is 1. The molecule has 3 N–H and O–H groups in total. The number of nitrogens with one attached hydrogen (secondary N) is 3. The molecule has 0 saturated heterocycles. The normalized spacial score (nSPS) is 21.0. The van der Waals surface area contributed by atoms with E-state index in [0.717, 1.165) is 17.8 Å². The first-order valence-corrected chi connectivity index (χ1v) is 12.7. The average Bonchev–Trinajstić information content (AvgIpc) is 2.83. The zero-order valence-electron chi connectivity index (χ0n) is 21.1. The van der Waals surface area contributed by atoms with Crippen molar-refractivity contribution in [1.82, 2.24) is 20.9 Å². The van der Waals surface area contributed by atoms with Crippen LogP contribution in [0.5, 0.6) is 0 Å². The monoisotopic (exact) mass is 534 g/mol. The van der Waals surface area contributed by atoms with Gasteiger partial charge >= 0.3 is 5.97 Å². The second-order valence-electron chi connectivity index (χ2n) is 8.50. The van der Waals surface area contributed by atoms with E-state index in [2.05, 4.69) is 20.9 Å². The van der Waals surface area contributed by atoms with Gasteiger partial charge in [-0.05, 0) is 37.5 Å². The van der Waals surface area contributed by atoms with Gasteiger partial charge in [0.15, 0.2) is 16.6 Å². The van der Waals surface area contributed by atoms with Crippen molar-refractivity contribution in [1.29, 1.82) is 0 Å². The molecule has 0 aliphatic carbocycles. The number of allylic oxidation sites excluding steroid dienone is 2. The Bertz CT molecular complexity index is 1100. The quantitative estimate of drug-likeness (QED) is 0.226. The summed E-state index contributed by atoms with van der Waals surface area (Å²) in [5.41, 5.74) is -0.534. The third-order valence-electron chi connectivity index (χ3n) is 5.17. The standard InChI is InChI=1S/C25H31FN4O6S/c1-5-19-23(33)30-21(14(2)3)25(35)36-17(8-6-7-11-37-15(4)31)12-20(32)27-13-16-9-10-18(26)22(28-16)24(34)29-19/h5-6,8-10,14,17,21H,7,11-13H2,1-4H3,(H,27,32)(H,29,34)(H,30,33)/b8-6+,19-5-/t17-,21?/m1/s1. The van der Waals surface area contributed by atoms with Gasteiger partial charge in [0.05, 0.1) is 18.7 Å². The smallest absolute Gasteiger partial charge is 0.329 e. The second-order valence-corrected chi connectivity index (χ2v) is 9.77. The van der Waals surface area contributed by atoms with E-state index in [4.69, 9.17) is 4.74 Å². The number of cyclic esters (lactones) is 1. The maximum atomic E-state index is 14.3. The van der Waals surface area contributed by atoms with Gasteiger partial charge in [-0.1, -0.05) is 37.8 Å². The van der Waals surface area contributed by atoms with E-state index in [1.54, 1.807) is 26.0 Å².